The summed E-state index contributed by atoms with van der Waals surface area (Å²) < 4.78 is 0. The Hall–Kier alpha value is -4.60. The molecule has 0 saturated heterocycles. The lowest BCUT2D eigenvalue weighted by atomic mass is 9.88. The molecule has 6 rings (SSSR count). The quantitative estimate of drug-likeness (QED) is 0.190. The molecule has 0 heterocycles. The van der Waals surface area contributed by atoms with Crippen LogP contribution in [0, 0.1) is 11.8 Å². The van der Waals surface area contributed by atoms with Crippen LogP contribution in [-0.4, -0.2) is 0 Å². The highest BCUT2D eigenvalue weighted by atomic mass is 14.2. The SMILES string of the molecule is C(#Cc1c2ccccc2c(-c2ccccc2)c2ccccc12)c1ccccc1-c1ccccc1. The Morgan fingerprint density at radius 3 is 1.44 bits per heavy atom. The highest BCUT2D eigenvalue weighted by molar-refractivity contribution is 6.16. The number of hydrogen-bond donors (Lipinski definition) is 0. The summed E-state index contributed by atoms with van der Waals surface area (Å²) >= 11 is 0. The largest absolute Gasteiger partial charge is 0.0622 e. The van der Waals surface area contributed by atoms with E-state index in [0.29, 0.717) is 0 Å². The molecule has 158 valence electrons. The third kappa shape index (κ3) is 3.54. The molecule has 0 aromatic heterocycles. The van der Waals surface area contributed by atoms with E-state index in [2.05, 4.69) is 139 Å². The molecule has 0 radical (unpaired) electrons. The maximum absolute atomic E-state index is 3.59. The summed E-state index contributed by atoms with van der Waals surface area (Å²) in [7, 11) is 0. The van der Waals surface area contributed by atoms with E-state index in [-0.39, 0.29) is 0 Å². The van der Waals surface area contributed by atoms with E-state index in [1.165, 1.54) is 38.2 Å². The van der Waals surface area contributed by atoms with Gasteiger partial charge in [-0.3, -0.25) is 0 Å². The number of benzene rings is 6. The third-order valence-corrected chi connectivity index (χ3v) is 6.33. The molecule has 6 aromatic carbocycles. The lowest BCUT2D eigenvalue weighted by molar-refractivity contribution is 1.58. The smallest absolute Gasteiger partial charge is 0.0406 e. The molecule has 0 nitrogen and oxygen atoms in total. The molecule has 0 saturated carbocycles. The molecule has 0 spiro atoms. The normalized spacial score (nSPS) is 10.7. The average molecular weight is 431 g/mol. The van der Waals surface area contributed by atoms with E-state index >= 15 is 0 Å². The van der Waals surface area contributed by atoms with E-state index < -0.39 is 0 Å². The summed E-state index contributed by atoms with van der Waals surface area (Å²) in [6.07, 6.45) is 0. The number of rotatable bonds is 2. The molecule has 0 heteroatoms. The fourth-order valence-corrected chi connectivity index (χ4v) is 4.77. The minimum Gasteiger partial charge on any atom is -0.0622 e. The standard InChI is InChI=1S/C34H22/c1-3-13-25(14-4-1)28-18-8-7-15-26(28)23-24-31-29-19-9-11-21-32(29)34(27-16-5-2-6-17-27)33-22-12-10-20-30(31)33/h1-22H. The van der Waals surface area contributed by atoms with Gasteiger partial charge in [-0.1, -0.05) is 139 Å². The predicted molar refractivity (Wildman–Crippen MR) is 145 cm³/mol. The first-order chi connectivity index (χ1) is 16.9. The zero-order chi connectivity index (χ0) is 22.7. The maximum Gasteiger partial charge on any atom is 0.0406 e. The Balaban J connectivity index is 1.63. The highest BCUT2D eigenvalue weighted by Gasteiger charge is 2.13. The first kappa shape index (κ1) is 20.0. The van der Waals surface area contributed by atoms with Crippen molar-refractivity contribution in [2.45, 2.75) is 0 Å². The second kappa shape index (κ2) is 8.74. The fourth-order valence-electron chi connectivity index (χ4n) is 4.77. The van der Waals surface area contributed by atoms with Crippen molar-refractivity contribution in [3.05, 3.63) is 145 Å². The van der Waals surface area contributed by atoms with Crippen LogP contribution in [0.5, 0.6) is 0 Å². The van der Waals surface area contributed by atoms with Crippen molar-refractivity contribution < 1.29 is 0 Å². The van der Waals surface area contributed by atoms with Gasteiger partial charge < -0.3 is 0 Å². The summed E-state index contributed by atoms with van der Waals surface area (Å²) in [6.45, 7) is 0. The second-order valence-electron chi connectivity index (χ2n) is 8.37. The molecule has 0 fully saturated rings. The van der Waals surface area contributed by atoms with Gasteiger partial charge in [-0.05, 0) is 49.9 Å². The second-order valence-corrected chi connectivity index (χ2v) is 8.37. The van der Waals surface area contributed by atoms with E-state index in [1.807, 2.05) is 6.07 Å². The van der Waals surface area contributed by atoms with Crippen LogP contribution in [0.15, 0.2) is 133 Å². The predicted octanol–water partition coefficient (Wildman–Crippen LogP) is 8.73. The van der Waals surface area contributed by atoms with Crippen LogP contribution in [0.1, 0.15) is 11.1 Å². The first-order valence-electron chi connectivity index (χ1n) is 11.6. The molecule has 0 aliphatic heterocycles. The summed E-state index contributed by atoms with van der Waals surface area (Å²) in [5.74, 6) is 7.11. The van der Waals surface area contributed by atoms with Crippen molar-refractivity contribution in [1.82, 2.24) is 0 Å². The van der Waals surface area contributed by atoms with Gasteiger partial charge in [-0.15, -0.1) is 0 Å². The molecule has 0 aliphatic carbocycles. The highest BCUT2D eigenvalue weighted by Crippen LogP contribution is 2.39. The van der Waals surface area contributed by atoms with Crippen molar-refractivity contribution in [1.29, 1.82) is 0 Å². The summed E-state index contributed by atoms with van der Waals surface area (Å²) in [4.78, 5) is 0. The molecule has 34 heavy (non-hydrogen) atoms. The summed E-state index contributed by atoms with van der Waals surface area (Å²) in [5, 5.41) is 4.83. The van der Waals surface area contributed by atoms with Crippen LogP contribution >= 0.6 is 0 Å². The average Bonchev–Trinajstić information content (AvgIpc) is 2.92. The van der Waals surface area contributed by atoms with Crippen molar-refractivity contribution in [2.75, 3.05) is 0 Å². The fraction of sp³-hybridized carbons (Fsp3) is 0. The maximum atomic E-state index is 3.59. The van der Waals surface area contributed by atoms with Gasteiger partial charge in [0.2, 0.25) is 0 Å². The molecule has 0 N–H and O–H groups in total. The van der Waals surface area contributed by atoms with Crippen molar-refractivity contribution >= 4 is 21.5 Å². The van der Waals surface area contributed by atoms with E-state index in [9.17, 15) is 0 Å². The van der Waals surface area contributed by atoms with Crippen molar-refractivity contribution in [3.8, 4) is 34.1 Å². The molecule has 0 atom stereocenters. The number of hydrogen-bond acceptors (Lipinski definition) is 0. The van der Waals surface area contributed by atoms with Gasteiger partial charge in [0.15, 0.2) is 0 Å². The van der Waals surface area contributed by atoms with Crippen LogP contribution in [-0.2, 0) is 0 Å². The molecular formula is C34H22. The Morgan fingerprint density at radius 1 is 0.353 bits per heavy atom. The van der Waals surface area contributed by atoms with Gasteiger partial charge in [0, 0.05) is 11.1 Å². The van der Waals surface area contributed by atoms with Gasteiger partial charge in [0.05, 0.1) is 0 Å². The van der Waals surface area contributed by atoms with Crippen molar-refractivity contribution in [2.24, 2.45) is 0 Å². The van der Waals surface area contributed by atoms with Crippen LogP contribution in [0.25, 0.3) is 43.8 Å². The lowest BCUT2D eigenvalue weighted by Crippen LogP contribution is -1.90. The number of fused-ring (bicyclic) bond motifs is 2. The minimum atomic E-state index is 1.04. The van der Waals surface area contributed by atoms with E-state index in [4.69, 9.17) is 0 Å². The molecule has 0 bridgehead atoms. The minimum absolute atomic E-state index is 1.04. The monoisotopic (exact) mass is 430 g/mol. The Bertz CT molecular complexity index is 1620. The lowest BCUT2D eigenvalue weighted by Gasteiger charge is -2.14. The zero-order valence-electron chi connectivity index (χ0n) is 18.7. The van der Waals surface area contributed by atoms with E-state index in [1.54, 1.807) is 0 Å². The molecule has 6 aromatic rings. The van der Waals surface area contributed by atoms with Crippen LogP contribution < -0.4 is 0 Å². The van der Waals surface area contributed by atoms with Gasteiger partial charge >= 0.3 is 0 Å². The molecule has 0 amide bonds. The molecule has 0 aliphatic rings. The Kier molecular flexibility index (Phi) is 5.15. The summed E-state index contributed by atoms with van der Waals surface area (Å²) in [6, 6.07) is 46.8. The van der Waals surface area contributed by atoms with Gasteiger partial charge in [0.25, 0.3) is 0 Å². The van der Waals surface area contributed by atoms with Crippen LogP contribution in [0.4, 0.5) is 0 Å². The first-order valence-corrected chi connectivity index (χ1v) is 11.6. The topological polar surface area (TPSA) is 0 Å². The molecular weight excluding hydrogens is 408 g/mol. The van der Waals surface area contributed by atoms with Crippen molar-refractivity contribution in [3.63, 3.8) is 0 Å². The van der Waals surface area contributed by atoms with Crippen LogP contribution in [0.2, 0.25) is 0 Å². The third-order valence-electron chi connectivity index (χ3n) is 6.33. The molecule has 0 unspecified atom stereocenters. The van der Waals surface area contributed by atoms with Gasteiger partial charge in [0.1, 0.15) is 0 Å². The summed E-state index contributed by atoms with van der Waals surface area (Å²) in [5.41, 5.74) is 6.94. The zero-order valence-corrected chi connectivity index (χ0v) is 18.7. The van der Waals surface area contributed by atoms with Gasteiger partial charge in [-0.25, -0.2) is 0 Å². The van der Waals surface area contributed by atoms with E-state index in [0.717, 1.165) is 16.7 Å². The Morgan fingerprint density at radius 2 is 0.824 bits per heavy atom. The Labute approximate surface area is 200 Å². The van der Waals surface area contributed by atoms with Gasteiger partial charge in [-0.2, -0.15) is 0 Å². The van der Waals surface area contributed by atoms with Crippen LogP contribution in [0.3, 0.4) is 0 Å².